The number of nitrogens with zero attached hydrogens (tertiary/aromatic N) is 3. The predicted octanol–water partition coefficient (Wildman–Crippen LogP) is 22.5. The summed E-state index contributed by atoms with van der Waals surface area (Å²) in [5.41, 5.74) is 25.0. The maximum absolute atomic E-state index is 2.50. The van der Waals surface area contributed by atoms with E-state index < -0.39 is 5.41 Å². The first-order valence-corrected chi connectivity index (χ1v) is 30.6. The monoisotopic (exact) mass is 1120 g/mol. The van der Waals surface area contributed by atoms with Gasteiger partial charge in [0.1, 0.15) is 0 Å². The zero-order chi connectivity index (χ0) is 57.6. The lowest BCUT2D eigenvalue weighted by atomic mass is 9.70. The third kappa shape index (κ3) is 6.73. The summed E-state index contributed by atoms with van der Waals surface area (Å²) >= 11 is 0. The van der Waals surface area contributed by atoms with E-state index >= 15 is 0 Å². The van der Waals surface area contributed by atoms with Crippen LogP contribution < -0.4 is 4.90 Å². The molecule has 0 unspecified atom stereocenters. The SMILES string of the molecule is c1ccc(-n2c3ccccc3c3cccc(-c4ccccc4N(c4ccc(-c5cccc6c5-c5ccccc5C65c6ccccc6-c6ccccc65)cc4)c4ccc5c(c4)c4ccccc4n5-c4ccc5c6ccccc6c6ccccc6c5c4)c32)cc1. The second kappa shape index (κ2) is 18.7. The van der Waals surface area contributed by atoms with Gasteiger partial charge in [0.25, 0.3) is 0 Å². The van der Waals surface area contributed by atoms with Crippen molar-refractivity contribution in [3.05, 3.63) is 344 Å². The fraction of sp³-hybridized carbons (Fsp3) is 0.0118. The zero-order valence-corrected chi connectivity index (χ0v) is 47.9. The molecule has 2 aliphatic rings. The molecule has 0 atom stereocenters. The fourth-order valence-corrected chi connectivity index (χ4v) is 16.0. The van der Waals surface area contributed by atoms with E-state index in [1.165, 1.54) is 126 Å². The van der Waals surface area contributed by atoms with Crippen molar-refractivity contribution in [3.8, 4) is 55.9 Å². The minimum absolute atomic E-state index is 0.427. The Morgan fingerprint density at radius 1 is 0.239 bits per heavy atom. The number of rotatable bonds is 7. The average molecular weight is 1120 g/mol. The van der Waals surface area contributed by atoms with E-state index in [9.17, 15) is 0 Å². The molecule has 3 heteroatoms. The predicted molar refractivity (Wildman–Crippen MR) is 369 cm³/mol. The van der Waals surface area contributed by atoms with E-state index in [2.05, 4.69) is 336 Å². The first-order chi connectivity index (χ1) is 43.7. The summed E-state index contributed by atoms with van der Waals surface area (Å²) in [5.74, 6) is 0. The highest BCUT2D eigenvalue weighted by Crippen LogP contribution is 2.64. The molecule has 15 aromatic carbocycles. The highest BCUT2D eigenvalue weighted by molar-refractivity contribution is 6.26. The van der Waals surface area contributed by atoms with Gasteiger partial charge in [-0.3, -0.25) is 0 Å². The van der Waals surface area contributed by atoms with Crippen LogP contribution in [0.2, 0.25) is 0 Å². The van der Waals surface area contributed by atoms with Crippen LogP contribution in [0.5, 0.6) is 0 Å². The highest BCUT2D eigenvalue weighted by atomic mass is 15.1. The lowest BCUT2D eigenvalue weighted by molar-refractivity contribution is 0.794. The summed E-state index contributed by atoms with van der Waals surface area (Å²) in [7, 11) is 0. The molecule has 88 heavy (non-hydrogen) atoms. The zero-order valence-electron chi connectivity index (χ0n) is 47.9. The van der Waals surface area contributed by atoms with Gasteiger partial charge in [-0.2, -0.15) is 0 Å². The molecule has 2 heterocycles. The molecule has 1 spiro atoms. The van der Waals surface area contributed by atoms with Gasteiger partial charge in [-0.05, 0) is 161 Å². The Morgan fingerprint density at radius 3 is 1.40 bits per heavy atom. The Balaban J connectivity index is 0.825. The van der Waals surface area contributed by atoms with E-state index in [0.29, 0.717) is 0 Å². The molecule has 0 saturated heterocycles. The van der Waals surface area contributed by atoms with Gasteiger partial charge in [-0.15, -0.1) is 0 Å². The first kappa shape index (κ1) is 48.8. The van der Waals surface area contributed by atoms with Gasteiger partial charge in [-0.25, -0.2) is 0 Å². The Morgan fingerprint density at radius 2 is 0.705 bits per heavy atom. The molecule has 17 aromatic rings. The lowest BCUT2D eigenvalue weighted by Gasteiger charge is -2.30. The summed E-state index contributed by atoms with van der Waals surface area (Å²) in [4.78, 5) is 2.50. The molecule has 0 N–H and O–H groups in total. The minimum Gasteiger partial charge on any atom is -0.310 e. The lowest BCUT2D eigenvalue weighted by Crippen LogP contribution is -2.25. The average Bonchev–Trinajstić information content (AvgIpc) is 1.61. The molecule has 0 aliphatic heterocycles. The van der Waals surface area contributed by atoms with Gasteiger partial charge in [0, 0.05) is 55.4 Å². The van der Waals surface area contributed by atoms with Crippen molar-refractivity contribution >= 4 is 93.0 Å². The number of hydrogen-bond donors (Lipinski definition) is 0. The van der Waals surface area contributed by atoms with Gasteiger partial charge >= 0.3 is 0 Å². The molecule has 408 valence electrons. The largest absolute Gasteiger partial charge is 0.310 e. The number of benzene rings is 15. The quantitative estimate of drug-likeness (QED) is 0.145. The summed E-state index contributed by atoms with van der Waals surface area (Å²) in [6.45, 7) is 0. The minimum atomic E-state index is -0.427. The molecule has 0 radical (unpaired) electrons. The molecular formula is C85H53N3. The van der Waals surface area contributed by atoms with Gasteiger partial charge in [0.2, 0.25) is 0 Å². The van der Waals surface area contributed by atoms with Crippen LogP contribution in [-0.4, -0.2) is 9.13 Å². The Kier molecular flexibility index (Phi) is 10.4. The standard InChI is InChI=1S/C85H53N3/c1-2-22-55(23-3-1)88-81-43-19-12-31-68(81)71-36-20-35-70(84(71)88)67-30-11-17-41-79(67)86(56-46-44-54(45-47-56)59-34-21-40-78-83(59)72-33-10-16-39-77(72)85(78)75-37-14-8-28-65(75)66-29-9-15-38-76(66)85)57-49-51-82-74(53-57)69-32-13-18-42-80(69)87(82)58-48-50-64-62-26-5-4-24-60(62)61-25-6-7-27-63(61)73(64)52-58/h1-53H. The molecular weight excluding hydrogens is 1060 g/mol. The molecule has 0 amide bonds. The fourth-order valence-electron chi connectivity index (χ4n) is 16.0. The summed E-state index contributed by atoms with van der Waals surface area (Å²) in [6, 6.07) is 120. The second-order valence-corrected chi connectivity index (χ2v) is 23.8. The van der Waals surface area contributed by atoms with E-state index in [1.807, 2.05) is 0 Å². The molecule has 19 rings (SSSR count). The number of aromatic nitrogens is 2. The number of fused-ring (bicyclic) bond motifs is 22. The van der Waals surface area contributed by atoms with Crippen LogP contribution in [0.15, 0.2) is 322 Å². The third-order valence-corrected chi connectivity index (χ3v) is 19.5. The molecule has 0 bridgehead atoms. The van der Waals surface area contributed by atoms with E-state index in [1.54, 1.807) is 0 Å². The third-order valence-electron chi connectivity index (χ3n) is 19.5. The van der Waals surface area contributed by atoms with Crippen molar-refractivity contribution < 1.29 is 0 Å². The first-order valence-electron chi connectivity index (χ1n) is 30.6. The number of anilines is 3. The van der Waals surface area contributed by atoms with Crippen molar-refractivity contribution in [3.63, 3.8) is 0 Å². The van der Waals surface area contributed by atoms with Crippen LogP contribution in [-0.2, 0) is 5.41 Å². The number of para-hydroxylation sites is 5. The van der Waals surface area contributed by atoms with Crippen molar-refractivity contribution in [1.82, 2.24) is 9.13 Å². The maximum atomic E-state index is 2.50. The molecule has 3 nitrogen and oxygen atoms in total. The summed E-state index contributed by atoms with van der Waals surface area (Å²) in [6.07, 6.45) is 0. The van der Waals surface area contributed by atoms with Crippen LogP contribution in [0.25, 0.3) is 132 Å². The van der Waals surface area contributed by atoms with Crippen LogP contribution in [0.4, 0.5) is 17.1 Å². The van der Waals surface area contributed by atoms with Gasteiger partial charge < -0.3 is 14.0 Å². The molecule has 0 fully saturated rings. The van der Waals surface area contributed by atoms with Crippen molar-refractivity contribution in [1.29, 1.82) is 0 Å². The smallest absolute Gasteiger partial charge is 0.0725 e. The van der Waals surface area contributed by atoms with Crippen LogP contribution in [0.1, 0.15) is 22.3 Å². The molecule has 0 saturated carbocycles. The van der Waals surface area contributed by atoms with Crippen molar-refractivity contribution in [2.75, 3.05) is 4.90 Å². The van der Waals surface area contributed by atoms with Crippen LogP contribution in [0, 0.1) is 0 Å². The molecule has 2 aromatic heterocycles. The summed E-state index contributed by atoms with van der Waals surface area (Å²) < 4.78 is 4.93. The van der Waals surface area contributed by atoms with Crippen LogP contribution in [0.3, 0.4) is 0 Å². The summed E-state index contributed by atoms with van der Waals surface area (Å²) in [5, 5.41) is 12.4. The normalized spacial score (nSPS) is 12.9. The van der Waals surface area contributed by atoms with E-state index in [0.717, 1.165) is 45.1 Å². The molecule has 2 aliphatic carbocycles. The Bertz CT molecular complexity index is 5680. The maximum Gasteiger partial charge on any atom is 0.0725 e. The van der Waals surface area contributed by atoms with Gasteiger partial charge in [-0.1, -0.05) is 249 Å². The second-order valence-electron chi connectivity index (χ2n) is 23.8. The van der Waals surface area contributed by atoms with Gasteiger partial charge in [0.05, 0.1) is 33.2 Å². The Hall–Kier alpha value is -11.5. The van der Waals surface area contributed by atoms with E-state index in [4.69, 9.17) is 0 Å². The topological polar surface area (TPSA) is 13.1 Å². The van der Waals surface area contributed by atoms with Crippen LogP contribution >= 0.6 is 0 Å². The van der Waals surface area contributed by atoms with E-state index in [-0.39, 0.29) is 0 Å². The number of hydrogen-bond acceptors (Lipinski definition) is 1. The van der Waals surface area contributed by atoms with Crippen molar-refractivity contribution in [2.45, 2.75) is 5.41 Å². The van der Waals surface area contributed by atoms with Gasteiger partial charge in [0.15, 0.2) is 0 Å². The Labute approximate surface area is 509 Å². The van der Waals surface area contributed by atoms with Crippen molar-refractivity contribution in [2.24, 2.45) is 0 Å². The highest BCUT2D eigenvalue weighted by Gasteiger charge is 2.52.